The Morgan fingerprint density at radius 3 is 2.55 bits per heavy atom. The predicted molar refractivity (Wildman–Crippen MR) is 82.5 cm³/mol. The van der Waals surface area contributed by atoms with Crippen molar-refractivity contribution >= 4 is 28.9 Å². The number of anilines is 2. The number of nitrogens with zero attached hydrogens (tertiary/aromatic N) is 1. The molecule has 4 nitrogen and oxygen atoms in total. The predicted octanol–water partition coefficient (Wildman–Crippen LogP) is 3.48. The number of esters is 1. The second-order valence-corrected chi connectivity index (χ2v) is 5.43. The molecule has 0 aromatic heterocycles. The van der Waals surface area contributed by atoms with Crippen molar-refractivity contribution < 1.29 is 9.53 Å². The lowest BCUT2D eigenvalue weighted by Gasteiger charge is -2.26. The van der Waals surface area contributed by atoms with Gasteiger partial charge in [0.25, 0.3) is 0 Å². The van der Waals surface area contributed by atoms with Gasteiger partial charge in [-0.1, -0.05) is 24.4 Å². The minimum Gasteiger partial charge on any atom is -0.462 e. The molecule has 1 aliphatic rings. The van der Waals surface area contributed by atoms with Gasteiger partial charge in [-0.25, -0.2) is 4.79 Å². The monoisotopic (exact) mass is 296 g/mol. The maximum Gasteiger partial charge on any atom is 0.340 e. The fourth-order valence-corrected chi connectivity index (χ4v) is 2.95. The molecular formula is C15H21ClN2O2. The van der Waals surface area contributed by atoms with E-state index in [1.54, 1.807) is 19.1 Å². The van der Waals surface area contributed by atoms with Crippen LogP contribution in [0.2, 0.25) is 5.02 Å². The number of hydrogen-bond donors (Lipinski definition) is 1. The van der Waals surface area contributed by atoms with Gasteiger partial charge in [-0.15, -0.1) is 0 Å². The van der Waals surface area contributed by atoms with Crippen LogP contribution in [0, 0.1) is 0 Å². The van der Waals surface area contributed by atoms with Crippen molar-refractivity contribution in [2.75, 3.05) is 30.3 Å². The number of halogens is 1. The van der Waals surface area contributed by atoms with Crippen molar-refractivity contribution in [2.45, 2.75) is 32.6 Å². The molecule has 1 heterocycles. The number of rotatable bonds is 3. The van der Waals surface area contributed by atoms with Crippen LogP contribution in [0.3, 0.4) is 0 Å². The highest BCUT2D eigenvalue weighted by atomic mass is 35.5. The minimum atomic E-state index is -0.360. The number of carbonyl (C=O) groups excluding carboxylic acids is 1. The van der Waals surface area contributed by atoms with Crippen LogP contribution in [0.25, 0.3) is 0 Å². The van der Waals surface area contributed by atoms with E-state index in [1.807, 2.05) is 0 Å². The van der Waals surface area contributed by atoms with Crippen molar-refractivity contribution in [3.63, 3.8) is 0 Å². The summed E-state index contributed by atoms with van der Waals surface area (Å²) in [6.07, 6.45) is 4.67. The highest BCUT2D eigenvalue weighted by molar-refractivity contribution is 6.34. The van der Waals surface area contributed by atoms with E-state index in [0.717, 1.165) is 31.6 Å². The SMILES string of the molecule is CCOC(=O)c1cc(N)cc(Cl)c1N1CCCCCC1. The average molecular weight is 297 g/mol. The molecule has 1 aromatic rings. The lowest BCUT2D eigenvalue weighted by molar-refractivity contribution is 0.0527. The second kappa shape index (κ2) is 6.84. The lowest BCUT2D eigenvalue weighted by atomic mass is 10.1. The molecule has 2 rings (SSSR count). The van der Waals surface area contributed by atoms with Gasteiger partial charge in [-0.2, -0.15) is 0 Å². The maximum absolute atomic E-state index is 12.1. The molecule has 0 unspecified atom stereocenters. The Hall–Kier alpha value is -1.42. The van der Waals surface area contributed by atoms with Crippen molar-refractivity contribution in [1.82, 2.24) is 0 Å². The number of nitrogen functional groups attached to an aromatic ring is 1. The normalized spacial score (nSPS) is 15.8. The van der Waals surface area contributed by atoms with Gasteiger partial charge < -0.3 is 15.4 Å². The second-order valence-electron chi connectivity index (χ2n) is 5.02. The Kier molecular flexibility index (Phi) is 5.12. The Labute approximate surface area is 124 Å². The highest BCUT2D eigenvalue weighted by Gasteiger charge is 2.22. The number of nitrogens with two attached hydrogens (primary N) is 1. The molecule has 1 aliphatic heterocycles. The highest BCUT2D eigenvalue weighted by Crippen LogP contribution is 2.34. The summed E-state index contributed by atoms with van der Waals surface area (Å²) in [7, 11) is 0. The Morgan fingerprint density at radius 1 is 1.30 bits per heavy atom. The summed E-state index contributed by atoms with van der Waals surface area (Å²) in [6.45, 7) is 3.95. The molecule has 1 fully saturated rings. The zero-order valence-corrected chi connectivity index (χ0v) is 12.6. The van der Waals surface area contributed by atoms with Crippen molar-refractivity contribution in [3.05, 3.63) is 22.7 Å². The molecule has 0 spiro atoms. The van der Waals surface area contributed by atoms with Crippen LogP contribution in [0.4, 0.5) is 11.4 Å². The Bertz CT molecular complexity index is 483. The molecule has 0 radical (unpaired) electrons. The van der Waals surface area contributed by atoms with Gasteiger partial charge in [0.15, 0.2) is 0 Å². The van der Waals surface area contributed by atoms with Gasteiger partial charge in [-0.05, 0) is 31.9 Å². The van der Waals surface area contributed by atoms with Gasteiger partial charge in [-0.3, -0.25) is 0 Å². The maximum atomic E-state index is 12.1. The number of carbonyl (C=O) groups is 1. The van der Waals surface area contributed by atoms with Crippen molar-refractivity contribution in [2.24, 2.45) is 0 Å². The lowest BCUT2D eigenvalue weighted by Crippen LogP contribution is -2.26. The molecule has 110 valence electrons. The molecule has 0 atom stereocenters. The topological polar surface area (TPSA) is 55.6 Å². The summed E-state index contributed by atoms with van der Waals surface area (Å²) in [5, 5.41) is 0.523. The molecular weight excluding hydrogens is 276 g/mol. The standard InChI is InChI=1S/C15H21ClN2O2/c1-2-20-15(19)12-9-11(17)10-13(16)14(12)18-7-5-3-4-6-8-18/h9-10H,2-8,17H2,1H3. The molecule has 5 heteroatoms. The molecule has 2 N–H and O–H groups in total. The van der Waals surface area contributed by atoms with Gasteiger partial charge in [0.2, 0.25) is 0 Å². The van der Waals surface area contributed by atoms with Crippen LogP contribution >= 0.6 is 11.6 Å². The number of hydrogen-bond acceptors (Lipinski definition) is 4. The molecule has 20 heavy (non-hydrogen) atoms. The first-order valence-electron chi connectivity index (χ1n) is 7.14. The zero-order valence-electron chi connectivity index (χ0n) is 11.8. The molecule has 0 saturated carbocycles. The van der Waals surface area contributed by atoms with E-state index in [-0.39, 0.29) is 5.97 Å². The van der Waals surface area contributed by atoms with E-state index in [0.29, 0.717) is 22.9 Å². The molecule has 0 aliphatic carbocycles. The summed E-state index contributed by atoms with van der Waals surface area (Å²) < 4.78 is 5.12. The third-order valence-corrected chi connectivity index (χ3v) is 3.79. The summed E-state index contributed by atoms with van der Waals surface area (Å²) >= 11 is 6.34. The summed E-state index contributed by atoms with van der Waals surface area (Å²) in [4.78, 5) is 14.3. The molecule has 1 aromatic carbocycles. The van der Waals surface area contributed by atoms with E-state index < -0.39 is 0 Å². The first-order valence-corrected chi connectivity index (χ1v) is 7.52. The van der Waals surface area contributed by atoms with Crippen molar-refractivity contribution in [1.29, 1.82) is 0 Å². The third kappa shape index (κ3) is 3.37. The van der Waals surface area contributed by atoms with E-state index in [4.69, 9.17) is 22.1 Å². The first kappa shape index (κ1) is 15.0. The number of benzene rings is 1. The number of ether oxygens (including phenoxy) is 1. The van der Waals surface area contributed by atoms with E-state index in [9.17, 15) is 4.79 Å². The van der Waals surface area contributed by atoms with Gasteiger partial charge in [0, 0.05) is 18.8 Å². The third-order valence-electron chi connectivity index (χ3n) is 3.50. The largest absolute Gasteiger partial charge is 0.462 e. The van der Waals surface area contributed by atoms with Gasteiger partial charge in [0.05, 0.1) is 22.9 Å². The van der Waals surface area contributed by atoms with Gasteiger partial charge >= 0.3 is 5.97 Å². The Morgan fingerprint density at radius 2 is 1.95 bits per heavy atom. The van der Waals surface area contributed by atoms with E-state index in [2.05, 4.69) is 4.90 Å². The van der Waals surface area contributed by atoms with Crippen LogP contribution in [0.1, 0.15) is 43.0 Å². The van der Waals surface area contributed by atoms with Crippen LogP contribution in [-0.2, 0) is 4.74 Å². The van der Waals surface area contributed by atoms with Gasteiger partial charge in [0.1, 0.15) is 0 Å². The summed E-state index contributed by atoms with van der Waals surface area (Å²) in [5.41, 5.74) is 7.53. The average Bonchev–Trinajstić information content (AvgIpc) is 2.67. The summed E-state index contributed by atoms with van der Waals surface area (Å²) in [6, 6.07) is 3.36. The van der Waals surface area contributed by atoms with Crippen LogP contribution in [0.5, 0.6) is 0 Å². The zero-order chi connectivity index (χ0) is 14.5. The molecule has 0 bridgehead atoms. The molecule has 1 saturated heterocycles. The van der Waals surface area contributed by atoms with E-state index in [1.165, 1.54) is 12.8 Å². The van der Waals surface area contributed by atoms with E-state index >= 15 is 0 Å². The summed E-state index contributed by atoms with van der Waals surface area (Å²) in [5.74, 6) is -0.360. The van der Waals surface area contributed by atoms with Crippen LogP contribution < -0.4 is 10.6 Å². The van der Waals surface area contributed by atoms with Crippen LogP contribution in [-0.4, -0.2) is 25.7 Å². The fourth-order valence-electron chi connectivity index (χ4n) is 2.60. The quantitative estimate of drug-likeness (QED) is 0.685. The van der Waals surface area contributed by atoms with Crippen molar-refractivity contribution in [3.8, 4) is 0 Å². The van der Waals surface area contributed by atoms with Crippen LogP contribution in [0.15, 0.2) is 12.1 Å². The smallest absolute Gasteiger partial charge is 0.340 e. The minimum absolute atomic E-state index is 0.338. The first-order chi connectivity index (χ1) is 9.63. The fraction of sp³-hybridized carbons (Fsp3) is 0.533. The Balaban J connectivity index is 2.40. The molecule has 0 amide bonds.